The average molecular weight is 267 g/mol. The fourth-order valence-corrected chi connectivity index (χ4v) is 1.94. The first kappa shape index (κ1) is 12.0. The Bertz CT molecular complexity index is 612. The molecule has 0 aromatic carbocycles. The molecule has 0 bridgehead atoms. The summed E-state index contributed by atoms with van der Waals surface area (Å²) >= 11 is 0. The van der Waals surface area contributed by atoms with Crippen molar-refractivity contribution in [1.29, 1.82) is 0 Å². The van der Waals surface area contributed by atoms with E-state index in [9.17, 15) is 13.2 Å². The van der Waals surface area contributed by atoms with Gasteiger partial charge in [-0.05, 0) is 6.07 Å². The fraction of sp³-hybridized carbons (Fsp3) is 0.273. The molecule has 0 saturated carbocycles. The summed E-state index contributed by atoms with van der Waals surface area (Å²) in [6.07, 6.45) is -1.82. The van der Waals surface area contributed by atoms with Crippen LogP contribution in [0.1, 0.15) is 17.0 Å². The van der Waals surface area contributed by atoms with Crippen LogP contribution in [0, 0.1) is 0 Å². The van der Waals surface area contributed by atoms with Gasteiger partial charge in [0.05, 0.1) is 5.69 Å². The minimum atomic E-state index is -4.50. The maximum atomic E-state index is 13.0. The van der Waals surface area contributed by atoms with Crippen molar-refractivity contribution in [3.05, 3.63) is 35.5 Å². The molecule has 5 nitrogen and oxygen atoms in total. The second-order valence-electron chi connectivity index (χ2n) is 4.02. The Morgan fingerprint density at radius 1 is 1.16 bits per heavy atom. The number of halogens is 3. The number of aromatic nitrogens is 4. The molecule has 8 heteroatoms. The van der Waals surface area contributed by atoms with Gasteiger partial charge in [-0.1, -0.05) is 0 Å². The summed E-state index contributed by atoms with van der Waals surface area (Å²) in [6, 6.07) is 1.48. The van der Waals surface area contributed by atoms with Gasteiger partial charge < -0.3 is 5.32 Å². The third kappa shape index (κ3) is 2.14. The summed E-state index contributed by atoms with van der Waals surface area (Å²) in [5, 5.41) is 2.84. The van der Waals surface area contributed by atoms with Gasteiger partial charge in [0.2, 0.25) is 0 Å². The standard InChI is InChI=1S/C11H8F3N5/c12-11(13,14)9-6-3-16-4-8(6)18-10(19-9)7-1-2-15-5-17-7/h1-2,5,16H,3-4H2. The van der Waals surface area contributed by atoms with Gasteiger partial charge in [-0.15, -0.1) is 0 Å². The first-order valence-electron chi connectivity index (χ1n) is 5.50. The summed E-state index contributed by atoms with van der Waals surface area (Å²) < 4.78 is 39.0. The maximum Gasteiger partial charge on any atom is 0.433 e. The van der Waals surface area contributed by atoms with Gasteiger partial charge in [0, 0.05) is 24.8 Å². The highest BCUT2D eigenvalue weighted by Gasteiger charge is 2.38. The zero-order valence-corrected chi connectivity index (χ0v) is 9.57. The van der Waals surface area contributed by atoms with Crippen LogP contribution in [-0.2, 0) is 19.3 Å². The summed E-state index contributed by atoms with van der Waals surface area (Å²) in [6.45, 7) is 0.438. The van der Waals surface area contributed by atoms with E-state index in [1.54, 1.807) is 0 Å². The van der Waals surface area contributed by atoms with E-state index in [1.807, 2.05) is 0 Å². The predicted octanol–water partition coefficient (Wildman–Crippen LogP) is 1.56. The predicted molar refractivity (Wildman–Crippen MR) is 58.6 cm³/mol. The molecule has 0 amide bonds. The Kier molecular flexibility index (Phi) is 2.67. The third-order valence-corrected chi connectivity index (χ3v) is 2.77. The Hall–Kier alpha value is -2.09. The zero-order chi connectivity index (χ0) is 13.5. The molecular formula is C11H8F3N5. The lowest BCUT2D eigenvalue weighted by Gasteiger charge is -2.11. The minimum absolute atomic E-state index is 0.0304. The Labute approximate surface area is 106 Å². The van der Waals surface area contributed by atoms with Crippen LogP contribution in [-0.4, -0.2) is 19.9 Å². The topological polar surface area (TPSA) is 63.6 Å². The molecule has 0 saturated heterocycles. The van der Waals surface area contributed by atoms with Crippen molar-refractivity contribution >= 4 is 0 Å². The van der Waals surface area contributed by atoms with Gasteiger partial charge in [0.25, 0.3) is 0 Å². The lowest BCUT2D eigenvalue weighted by Crippen LogP contribution is -2.14. The molecular weight excluding hydrogens is 259 g/mol. The van der Waals surface area contributed by atoms with Crippen molar-refractivity contribution in [3.8, 4) is 11.5 Å². The molecule has 0 unspecified atom stereocenters. The second-order valence-corrected chi connectivity index (χ2v) is 4.02. The lowest BCUT2D eigenvalue weighted by molar-refractivity contribution is -0.141. The first-order chi connectivity index (χ1) is 9.05. The van der Waals surface area contributed by atoms with Crippen molar-refractivity contribution in [2.45, 2.75) is 19.3 Å². The fourth-order valence-electron chi connectivity index (χ4n) is 1.94. The van der Waals surface area contributed by atoms with Gasteiger partial charge in [-0.25, -0.2) is 19.9 Å². The van der Waals surface area contributed by atoms with Gasteiger partial charge in [0.15, 0.2) is 11.5 Å². The van der Waals surface area contributed by atoms with Crippen LogP contribution < -0.4 is 5.32 Å². The molecule has 2 aromatic heterocycles. The minimum Gasteiger partial charge on any atom is -0.307 e. The molecule has 3 rings (SSSR count). The van der Waals surface area contributed by atoms with Crippen molar-refractivity contribution in [2.75, 3.05) is 0 Å². The van der Waals surface area contributed by atoms with Crippen LogP contribution in [0.25, 0.3) is 11.5 Å². The lowest BCUT2D eigenvalue weighted by atomic mass is 10.1. The van der Waals surface area contributed by atoms with Crippen LogP contribution in [0.15, 0.2) is 18.6 Å². The Morgan fingerprint density at radius 2 is 2.00 bits per heavy atom. The largest absolute Gasteiger partial charge is 0.433 e. The third-order valence-electron chi connectivity index (χ3n) is 2.77. The molecule has 0 spiro atoms. The van der Waals surface area contributed by atoms with E-state index < -0.39 is 11.9 Å². The van der Waals surface area contributed by atoms with Gasteiger partial charge in [-0.3, -0.25) is 0 Å². The van der Waals surface area contributed by atoms with E-state index in [-0.39, 0.29) is 23.6 Å². The average Bonchev–Trinajstić information content (AvgIpc) is 2.85. The number of alkyl halides is 3. The summed E-state index contributed by atoms with van der Waals surface area (Å²) in [5.74, 6) is -0.0304. The first-order valence-corrected chi connectivity index (χ1v) is 5.50. The van der Waals surface area contributed by atoms with Crippen LogP contribution >= 0.6 is 0 Å². The molecule has 0 atom stereocenters. The smallest absolute Gasteiger partial charge is 0.307 e. The van der Waals surface area contributed by atoms with Gasteiger partial charge in [-0.2, -0.15) is 13.2 Å². The van der Waals surface area contributed by atoms with Crippen LogP contribution in [0.3, 0.4) is 0 Å². The van der Waals surface area contributed by atoms with Crippen molar-refractivity contribution in [2.24, 2.45) is 0 Å². The molecule has 1 aliphatic rings. The van der Waals surface area contributed by atoms with Gasteiger partial charge in [0.1, 0.15) is 12.0 Å². The molecule has 0 fully saturated rings. The van der Waals surface area contributed by atoms with Crippen LogP contribution in [0.4, 0.5) is 13.2 Å². The van der Waals surface area contributed by atoms with Crippen LogP contribution in [0.2, 0.25) is 0 Å². The zero-order valence-electron chi connectivity index (χ0n) is 9.57. The molecule has 3 heterocycles. The molecule has 1 N–H and O–H groups in total. The molecule has 98 valence electrons. The Morgan fingerprint density at radius 3 is 2.68 bits per heavy atom. The maximum absolute atomic E-state index is 13.0. The molecule has 1 aliphatic heterocycles. The molecule has 2 aromatic rings. The highest BCUT2D eigenvalue weighted by atomic mass is 19.4. The van der Waals surface area contributed by atoms with E-state index in [1.165, 1.54) is 18.6 Å². The van der Waals surface area contributed by atoms with E-state index >= 15 is 0 Å². The number of hydrogen-bond donors (Lipinski definition) is 1. The van der Waals surface area contributed by atoms with E-state index in [0.29, 0.717) is 12.2 Å². The van der Waals surface area contributed by atoms with Crippen molar-refractivity contribution in [3.63, 3.8) is 0 Å². The SMILES string of the molecule is FC(F)(F)c1nc(-c2ccncn2)nc2c1CNC2. The highest BCUT2D eigenvalue weighted by Crippen LogP contribution is 2.34. The number of nitrogens with zero attached hydrogens (tertiary/aromatic N) is 4. The second kappa shape index (κ2) is 4.23. The van der Waals surface area contributed by atoms with Crippen molar-refractivity contribution in [1.82, 2.24) is 25.3 Å². The van der Waals surface area contributed by atoms with E-state index in [0.717, 1.165) is 0 Å². The van der Waals surface area contributed by atoms with Gasteiger partial charge >= 0.3 is 6.18 Å². The summed E-state index contributed by atoms with van der Waals surface area (Å²) in [5.41, 5.74) is -0.132. The molecule has 0 radical (unpaired) electrons. The summed E-state index contributed by atoms with van der Waals surface area (Å²) in [7, 11) is 0. The highest BCUT2D eigenvalue weighted by molar-refractivity contribution is 5.50. The van der Waals surface area contributed by atoms with E-state index in [2.05, 4.69) is 25.3 Å². The Balaban J connectivity index is 2.19. The monoisotopic (exact) mass is 267 g/mol. The quantitative estimate of drug-likeness (QED) is 0.849. The number of hydrogen-bond acceptors (Lipinski definition) is 5. The molecule has 19 heavy (non-hydrogen) atoms. The summed E-state index contributed by atoms with van der Waals surface area (Å²) in [4.78, 5) is 15.3. The molecule has 0 aliphatic carbocycles. The van der Waals surface area contributed by atoms with Crippen molar-refractivity contribution < 1.29 is 13.2 Å². The van der Waals surface area contributed by atoms with E-state index in [4.69, 9.17) is 0 Å². The normalized spacial score (nSPS) is 14.5. The van der Waals surface area contributed by atoms with Crippen LogP contribution in [0.5, 0.6) is 0 Å². The number of rotatable bonds is 1. The number of nitrogens with one attached hydrogen (secondary N) is 1. The number of fused-ring (bicyclic) bond motifs is 1.